The van der Waals surface area contributed by atoms with Gasteiger partial charge >= 0.3 is 12.1 Å². The summed E-state index contributed by atoms with van der Waals surface area (Å²) in [6, 6.07) is 4.27. The third kappa shape index (κ3) is 4.90. The molecule has 1 aromatic rings. The van der Waals surface area contributed by atoms with E-state index < -0.39 is 17.7 Å². The number of carbonyl (C=O) groups excluding carboxylic acids is 1. The van der Waals surface area contributed by atoms with Crippen molar-refractivity contribution in [2.24, 2.45) is 5.73 Å². The molecular formula is C12H13F3N2O2. The molecule has 0 aliphatic heterocycles. The number of rotatable bonds is 4. The maximum absolute atomic E-state index is 12.3. The molecule has 0 spiro atoms. The molecule has 1 aromatic carbocycles. The average Bonchev–Trinajstić information content (AvgIpc) is 2.28. The van der Waals surface area contributed by atoms with Gasteiger partial charge in [0.15, 0.2) is 0 Å². The maximum atomic E-state index is 12.3. The summed E-state index contributed by atoms with van der Waals surface area (Å²) in [7, 11) is 0. The molecule has 0 unspecified atom stereocenters. The average molecular weight is 274 g/mol. The number of nitrogens with two attached hydrogens (primary N) is 1. The van der Waals surface area contributed by atoms with Crippen LogP contribution in [0.2, 0.25) is 0 Å². The van der Waals surface area contributed by atoms with E-state index in [9.17, 15) is 18.0 Å². The SMILES string of the molecule is CCOC(=O)/C=C(\N)Nc1ccc(C(F)(F)F)cc1. The van der Waals surface area contributed by atoms with E-state index in [1.54, 1.807) is 6.92 Å². The van der Waals surface area contributed by atoms with Gasteiger partial charge < -0.3 is 15.8 Å². The van der Waals surface area contributed by atoms with Crippen molar-refractivity contribution >= 4 is 11.7 Å². The number of nitrogens with one attached hydrogen (secondary N) is 1. The zero-order valence-corrected chi connectivity index (χ0v) is 10.1. The molecule has 0 saturated heterocycles. The van der Waals surface area contributed by atoms with Crippen molar-refractivity contribution in [1.82, 2.24) is 0 Å². The molecule has 0 fully saturated rings. The molecule has 0 heterocycles. The van der Waals surface area contributed by atoms with Crippen molar-refractivity contribution in [1.29, 1.82) is 0 Å². The largest absolute Gasteiger partial charge is 0.463 e. The van der Waals surface area contributed by atoms with Crippen LogP contribution in [-0.2, 0) is 15.7 Å². The molecule has 0 saturated carbocycles. The van der Waals surface area contributed by atoms with Crippen LogP contribution in [0.4, 0.5) is 18.9 Å². The highest BCUT2D eigenvalue weighted by atomic mass is 19.4. The monoisotopic (exact) mass is 274 g/mol. The Labute approximate surface area is 108 Å². The second-order valence-electron chi connectivity index (χ2n) is 3.55. The summed E-state index contributed by atoms with van der Waals surface area (Å²) < 4.78 is 41.6. The van der Waals surface area contributed by atoms with Crippen LogP contribution in [0.1, 0.15) is 12.5 Å². The Morgan fingerprint density at radius 2 is 1.95 bits per heavy atom. The lowest BCUT2D eigenvalue weighted by Crippen LogP contribution is -2.13. The van der Waals surface area contributed by atoms with E-state index in [1.165, 1.54) is 12.1 Å². The number of halogens is 3. The highest BCUT2D eigenvalue weighted by molar-refractivity contribution is 5.83. The van der Waals surface area contributed by atoms with Gasteiger partial charge in [-0.05, 0) is 31.2 Å². The number of hydrogen-bond donors (Lipinski definition) is 2. The van der Waals surface area contributed by atoms with Crippen molar-refractivity contribution in [3.63, 3.8) is 0 Å². The molecule has 104 valence electrons. The Morgan fingerprint density at radius 1 is 1.37 bits per heavy atom. The molecule has 3 N–H and O–H groups in total. The molecule has 7 heteroatoms. The van der Waals surface area contributed by atoms with Gasteiger partial charge in [-0.1, -0.05) is 0 Å². The summed E-state index contributed by atoms with van der Waals surface area (Å²) in [5.74, 6) is -0.641. The minimum Gasteiger partial charge on any atom is -0.463 e. The Hall–Kier alpha value is -2.18. The predicted molar refractivity (Wildman–Crippen MR) is 64.0 cm³/mol. The number of ether oxygens (including phenoxy) is 1. The van der Waals surface area contributed by atoms with Gasteiger partial charge in [0, 0.05) is 5.69 Å². The molecule has 19 heavy (non-hydrogen) atoms. The fourth-order valence-corrected chi connectivity index (χ4v) is 1.26. The fourth-order valence-electron chi connectivity index (χ4n) is 1.26. The molecule has 4 nitrogen and oxygen atoms in total. The van der Waals surface area contributed by atoms with Gasteiger partial charge in [-0.25, -0.2) is 4.79 Å². The van der Waals surface area contributed by atoms with Crippen molar-refractivity contribution in [3.8, 4) is 0 Å². The first kappa shape index (κ1) is 14.9. The fraction of sp³-hybridized carbons (Fsp3) is 0.250. The Bertz CT molecular complexity index is 467. The summed E-state index contributed by atoms with van der Waals surface area (Å²) in [5.41, 5.74) is 5.07. The molecule has 0 atom stereocenters. The van der Waals surface area contributed by atoms with E-state index in [0.717, 1.165) is 18.2 Å². The molecule has 0 aromatic heterocycles. The maximum Gasteiger partial charge on any atom is 0.416 e. The topological polar surface area (TPSA) is 64.3 Å². The summed E-state index contributed by atoms with van der Waals surface area (Å²) in [6.45, 7) is 1.86. The van der Waals surface area contributed by atoms with Crippen molar-refractivity contribution in [2.45, 2.75) is 13.1 Å². The normalized spacial score (nSPS) is 12.1. The minimum absolute atomic E-state index is 0.0155. The first-order valence-corrected chi connectivity index (χ1v) is 5.41. The van der Waals surface area contributed by atoms with Crippen LogP contribution in [0.15, 0.2) is 36.2 Å². The second kappa shape index (κ2) is 6.12. The van der Waals surface area contributed by atoms with Crippen LogP contribution >= 0.6 is 0 Å². The van der Waals surface area contributed by atoms with Gasteiger partial charge in [0.2, 0.25) is 0 Å². The summed E-state index contributed by atoms with van der Waals surface area (Å²) in [5, 5.41) is 2.58. The van der Waals surface area contributed by atoms with Gasteiger partial charge in [-0.15, -0.1) is 0 Å². The van der Waals surface area contributed by atoms with Gasteiger partial charge in [0.05, 0.1) is 18.2 Å². The lowest BCUT2D eigenvalue weighted by molar-refractivity contribution is -0.138. The highest BCUT2D eigenvalue weighted by Gasteiger charge is 2.29. The summed E-state index contributed by atoms with van der Waals surface area (Å²) in [6.07, 6.45) is -3.37. The number of alkyl halides is 3. The third-order valence-electron chi connectivity index (χ3n) is 2.06. The Morgan fingerprint density at radius 3 is 2.42 bits per heavy atom. The molecule has 1 rings (SSSR count). The quantitative estimate of drug-likeness (QED) is 0.654. The van der Waals surface area contributed by atoms with Crippen molar-refractivity contribution in [2.75, 3.05) is 11.9 Å². The van der Waals surface area contributed by atoms with Gasteiger partial charge in [0.1, 0.15) is 5.82 Å². The van der Waals surface area contributed by atoms with E-state index in [-0.39, 0.29) is 12.4 Å². The number of benzene rings is 1. The third-order valence-corrected chi connectivity index (χ3v) is 2.06. The number of hydrogen-bond acceptors (Lipinski definition) is 4. The van der Waals surface area contributed by atoms with E-state index in [1.807, 2.05) is 0 Å². The van der Waals surface area contributed by atoms with Crippen LogP contribution in [0.25, 0.3) is 0 Å². The standard InChI is InChI=1S/C12H13F3N2O2/c1-2-19-11(18)7-10(16)17-9-5-3-8(4-6-9)12(13,14)15/h3-7,17H,2,16H2,1H3/b10-7+. The minimum atomic E-state index is -4.38. The molecule has 0 radical (unpaired) electrons. The van der Waals surface area contributed by atoms with Crippen LogP contribution in [0.3, 0.4) is 0 Å². The van der Waals surface area contributed by atoms with E-state index in [2.05, 4.69) is 10.1 Å². The first-order chi connectivity index (χ1) is 8.82. The van der Waals surface area contributed by atoms with Gasteiger partial charge in [-0.2, -0.15) is 13.2 Å². The molecule has 0 aliphatic carbocycles. The number of carbonyl (C=O) groups is 1. The zero-order valence-electron chi connectivity index (χ0n) is 10.1. The summed E-state index contributed by atoms with van der Waals surface area (Å²) in [4.78, 5) is 11.1. The van der Waals surface area contributed by atoms with E-state index in [4.69, 9.17) is 5.73 Å². The van der Waals surface area contributed by atoms with Crippen LogP contribution in [0.5, 0.6) is 0 Å². The van der Waals surface area contributed by atoms with Gasteiger partial charge in [0.25, 0.3) is 0 Å². The zero-order chi connectivity index (χ0) is 14.5. The highest BCUT2D eigenvalue weighted by Crippen LogP contribution is 2.29. The number of anilines is 1. The van der Waals surface area contributed by atoms with Gasteiger partial charge in [-0.3, -0.25) is 0 Å². The smallest absolute Gasteiger partial charge is 0.416 e. The molecule has 0 bridgehead atoms. The predicted octanol–water partition coefficient (Wildman–Crippen LogP) is 2.48. The summed E-state index contributed by atoms with van der Waals surface area (Å²) >= 11 is 0. The van der Waals surface area contributed by atoms with Crippen molar-refractivity contribution < 1.29 is 22.7 Å². The number of esters is 1. The Balaban J connectivity index is 2.70. The Kier molecular flexibility index (Phi) is 4.80. The van der Waals surface area contributed by atoms with Crippen molar-refractivity contribution in [3.05, 3.63) is 41.7 Å². The van der Waals surface area contributed by atoms with E-state index in [0.29, 0.717) is 5.69 Å². The lowest BCUT2D eigenvalue weighted by Gasteiger charge is -2.09. The molecule has 0 aliphatic rings. The van der Waals surface area contributed by atoms with Crippen LogP contribution in [-0.4, -0.2) is 12.6 Å². The van der Waals surface area contributed by atoms with E-state index >= 15 is 0 Å². The molecule has 0 amide bonds. The van der Waals surface area contributed by atoms with Crippen LogP contribution < -0.4 is 11.1 Å². The second-order valence-corrected chi connectivity index (χ2v) is 3.55. The first-order valence-electron chi connectivity index (χ1n) is 5.41. The lowest BCUT2D eigenvalue weighted by atomic mass is 10.2. The molecular weight excluding hydrogens is 261 g/mol. The van der Waals surface area contributed by atoms with Crippen LogP contribution in [0, 0.1) is 0 Å².